The van der Waals surface area contributed by atoms with Crippen LogP contribution in [0.3, 0.4) is 0 Å². The van der Waals surface area contributed by atoms with Gasteiger partial charge in [0, 0.05) is 17.3 Å². The minimum Gasteiger partial charge on any atom is -0.261 e. The normalized spacial score (nSPS) is 12.0. The quantitative estimate of drug-likeness (QED) is 0.649. The summed E-state index contributed by atoms with van der Waals surface area (Å²) in [5, 5.41) is 0.754. The Labute approximate surface area is 84.6 Å². The highest BCUT2D eigenvalue weighted by molar-refractivity contribution is 5.87. The van der Waals surface area contributed by atoms with Gasteiger partial charge in [-0.25, -0.2) is 0 Å². The Hall–Kier alpha value is -1.58. The fourth-order valence-electron chi connectivity index (χ4n) is 1.64. The Kier molecular flexibility index (Phi) is 2.14. The number of aryl methyl sites for hydroxylation is 1. The van der Waals surface area contributed by atoms with Crippen LogP contribution in [-0.2, 0) is 6.18 Å². The number of aromatic nitrogens is 1. The van der Waals surface area contributed by atoms with Gasteiger partial charge < -0.3 is 0 Å². The zero-order valence-electron chi connectivity index (χ0n) is 7.97. The molecule has 15 heavy (non-hydrogen) atoms. The molecule has 2 rings (SSSR count). The number of rotatable bonds is 0. The second-order valence-electron chi connectivity index (χ2n) is 3.30. The summed E-state index contributed by atoms with van der Waals surface area (Å²) < 4.78 is 38.0. The average Bonchev–Trinajstić information content (AvgIpc) is 2.16. The third-order valence-corrected chi connectivity index (χ3v) is 2.29. The number of alkyl halides is 3. The zero-order valence-corrected chi connectivity index (χ0v) is 7.97. The molecule has 0 unspecified atom stereocenters. The van der Waals surface area contributed by atoms with Gasteiger partial charge in [-0.05, 0) is 24.4 Å². The molecule has 4 heteroatoms. The van der Waals surface area contributed by atoms with Gasteiger partial charge in [-0.1, -0.05) is 12.1 Å². The highest BCUT2D eigenvalue weighted by atomic mass is 19.4. The van der Waals surface area contributed by atoms with Crippen LogP contribution in [0.25, 0.3) is 10.8 Å². The Morgan fingerprint density at radius 3 is 2.53 bits per heavy atom. The van der Waals surface area contributed by atoms with Crippen molar-refractivity contribution in [3.8, 4) is 0 Å². The molecular weight excluding hydrogens is 203 g/mol. The van der Waals surface area contributed by atoms with Gasteiger partial charge in [0.15, 0.2) is 0 Å². The Balaban J connectivity index is 2.86. The first-order valence-electron chi connectivity index (χ1n) is 4.41. The first-order chi connectivity index (χ1) is 7.00. The Morgan fingerprint density at radius 2 is 1.87 bits per heavy atom. The van der Waals surface area contributed by atoms with Crippen molar-refractivity contribution in [2.45, 2.75) is 13.1 Å². The van der Waals surface area contributed by atoms with Crippen LogP contribution in [0, 0.1) is 6.92 Å². The minimum absolute atomic E-state index is 0.188. The van der Waals surface area contributed by atoms with E-state index in [0.29, 0.717) is 11.1 Å². The van der Waals surface area contributed by atoms with Gasteiger partial charge in [-0.15, -0.1) is 0 Å². The topological polar surface area (TPSA) is 12.9 Å². The van der Waals surface area contributed by atoms with E-state index in [0.717, 1.165) is 6.07 Å². The number of halogens is 3. The van der Waals surface area contributed by atoms with E-state index >= 15 is 0 Å². The van der Waals surface area contributed by atoms with Crippen molar-refractivity contribution in [3.63, 3.8) is 0 Å². The molecular formula is C11H8F3N. The Morgan fingerprint density at radius 1 is 1.13 bits per heavy atom. The third kappa shape index (κ3) is 1.67. The smallest absolute Gasteiger partial charge is 0.261 e. The van der Waals surface area contributed by atoms with Crippen LogP contribution >= 0.6 is 0 Å². The monoisotopic (exact) mass is 211 g/mol. The highest BCUT2D eigenvalue weighted by Gasteiger charge is 2.32. The maximum absolute atomic E-state index is 12.7. The molecule has 2 aromatic rings. The molecule has 0 aliphatic carbocycles. The SMILES string of the molecule is Cc1nccc2cccc(C(F)(F)F)c12. The largest absolute Gasteiger partial charge is 0.417 e. The summed E-state index contributed by atoms with van der Waals surface area (Å²) >= 11 is 0. The molecule has 0 atom stereocenters. The van der Waals surface area contributed by atoms with E-state index in [1.165, 1.54) is 12.3 Å². The second-order valence-corrected chi connectivity index (χ2v) is 3.30. The van der Waals surface area contributed by atoms with Crippen LogP contribution in [-0.4, -0.2) is 4.98 Å². The van der Waals surface area contributed by atoms with Gasteiger partial charge in [0.2, 0.25) is 0 Å². The Bertz CT molecular complexity index is 497. The molecule has 0 spiro atoms. The number of benzene rings is 1. The molecule has 78 valence electrons. The van der Waals surface area contributed by atoms with Crippen LogP contribution in [0.2, 0.25) is 0 Å². The zero-order chi connectivity index (χ0) is 11.1. The van der Waals surface area contributed by atoms with Crippen molar-refractivity contribution in [3.05, 3.63) is 41.7 Å². The summed E-state index contributed by atoms with van der Waals surface area (Å²) in [5.41, 5.74) is -0.217. The highest BCUT2D eigenvalue weighted by Crippen LogP contribution is 2.35. The van der Waals surface area contributed by atoms with Crippen molar-refractivity contribution >= 4 is 10.8 Å². The molecule has 1 heterocycles. The first kappa shape index (κ1) is 9.96. The molecule has 1 nitrogen and oxygen atoms in total. The molecule has 0 aliphatic heterocycles. The lowest BCUT2D eigenvalue weighted by Crippen LogP contribution is -2.06. The summed E-state index contributed by atoms with van der Waals surface area (Å²) in [4.78, 5) is 3.88. The molecule has 0 N–H and O–H groups in total. The van der Waals surface area contributed by atoms with Gasteiger partial charge in [0.25, 0.3) is 0 Å². The number of hydrogen-bond donors (Lipinski definition) is 0. The molecule has 0 aliphatic rings. The van der Waals surface area contributed by atoms with E-state index in [2.05, 4.69) is 4.98 Å². The summed E-state index contributed by atoms with van der Waals surface area (Å²) in [6.45, 7) is 1.58. The van der Waals surface area contributed by atoms with E-state index in [-0.39, 0.29) is 5.39 Å². The van der Waals surface area contributed by atoms with Gasteiger partial charge >= 0.3 is 6.18 Å². The molecule has 0 saturated carbocycles. The number of fused-ring (bicyclic) bond motifs is 1. The van der Waals surface area contributed by atoms with Crippen LogP contribution in [0.5, 0.6) is 0 Å². The van der Waals surface area contributed by atoms with E-state index in [9.17, 15) is 13.2 Å². The summed E-state index contributed by atoms with van der Waals surface area (Å²) in [7, 11) is 0. The predicted molar refractivity (Wildman–Crippen MR) is 51.5 cm³/mol. The van der Waals surface area contributed by atoms with Crippen molar-refractivity contribution in [1.29, 1.82) is 0 Å². The van der Waals surface area contributed by atoms with E-state index in [1.54, 1.807) is 19.1 Å². The second kappa shape index (κ2) is 3.22. The maximum atomic E-state index is 12.7. The van der Waals surface area contributed by atoms with Crippen LogP contribution in [0.4, 0.5) is 13.2 Å². The standard InChI is InChI=1S/C11H8F3N/c1-7-10-8(5-6-15-7)3-2-4-9(10)11(12,13)14/h2-6H,1H3. The third-order valence-electron chi connectivity index (χ3n) is 2.29. The summed E-state index contributed by atoms with van der Waals surface area (Å²) in [6.07, 6.45) is -2.81. The van der Waals surface area contributed by atoms with E-state index < -0.39 is 11.7 Å². The van der Waals surface area contributed by atoms with Gasteiger partial charge in [-0.2, -0.15) is 13.2 Å². The van der Waals surface area contributed by atoms with Gasteiger partial charge in [-0.3, -0.25) is 4.98 Å². The molecule has 0 bridgehead atoms. The summed E-state index contributed by atoms with van der Waals surface area (Å²) in [6, 6.07) is 5.72. The fraction of sp³-hybridized carbons (Fsp3) is 0.182. The number of nitrogens with zero attached hydrogens (tertiary/aromatic N) is 1. The molecule has 0 fully saturated rings. The first-order valence-corrected chi connectivity index (χ1v) is 4.41. The molecule has 0 radical (unpaired) electrons. The van der Waals surface area contributed by atoms with Crippen LogP contribution in [0.1, 0.15) is 11.3 Å². The maximum Gasteiger partial charge on any atom is 0.417 e. The van der Waals surface area contributed by atoms with Crippen molar-refractivity contribution < 1.29 is 13.2 Å². The van der Waals surface area contributed by atoms with Crippen LogP contribution in [0.15, 0.2) is 30.5 Å². The lowest BCUT2D eigenvalue weighted by molar-refractivity contribution is -0.136. The summed E-state index contributed by atoms with van der Waals surface area (Å²) in [5.74, 6) is 0. The van der Waals surface area contributed by atoms with Crippen molar-refractivity contribution in [2.24, 2.45) is 0 Å². The van der Waals surface area contributed by atoms with Crippen molar-refractivity contribution in [1.82, 2.24) is 4.98 Å². The van der Waals surface area contributed by atoms with Gasteiger partial charge in [0.1, 0.15) is 0 Å². The number of hydrogen-bond acceptors (Lipinski definition) is 1. The van der Waals surface area contributed by atoms with E-state index in [4.69, 9.17) is 0 Å². The lowest BCUT2D eigenvalue weighted by Gasteiger charge is -2.11. The van der Waals surface area contributed by atoms with Gasteiger partial charge in [0.05, 0.1) is 5.56 Å². The molecule has 1 aromatic heterocycles. The van der Waals surface area contributed by atoms with Crippen LogP contribution < -0.4 is 0 Å². The lowest BCUT2D eigenvalue weighted by atomic mass is 10.0. The van der Waals surface area contributed by atoms with Crippen molar-refractivity contribution in [2.75, 3.05) is 0 Å². The molecule has 0 saturated heterocycles. The molecule has 1 aromatic carbocycles. The average molecular weight is 211 g/mol. The van der Waals surface area contributed by atoms with E-state index in [1.807, 2.05) is 0 Å². The fourth-order valence-corrected chi connectivity index (χ4v) is 1.64. The predicted octanol–water partition coefficient (Wildman–Crippen LogP) is 3.56. The molecule has 0 amide bonds. The minimum atomic E-state index is -4.33. The number of pyridine rings is 1.